The molecule has 12 heteroatoms. The van der Waals surface area contributed by atoms with Gasteiger partial charge in [0, 0.05) is 71.8 Å². The fourth-order valence-corrected chi connectivity index (χ4v) is 4.09. The van der Waals surface area contributed by atoms with Gasteiger partial charge in [0.05, 0.1) is 17.9 Å². The molecule has 0 atom stereocenters. The molecule has 2 aliphatic rings. The van der Waals surface area contributed by atoms with Gasteiger partial charge in [-0.15, -0.1) is 0 Å². The number of aryl methyl sites for hydroxylation is 1. The van der Waals surface area contributed by atoms with Crippen LogP contribution in [-0.4, -0.2) is 80.2 Å². The van der Waals surface area contributed by atoms with Gasteiger partial charge in [0.25, 0.3) is 0 Å². The second-order valence-corrected chi connectivity index (χ2v) is 9.16. The van der Waals surface area contributed by atoms with Crippen molar-refractivity contribution >= 4 is 35.5 Å². The minimum Gasteiger partial charge on any atom is -0.383 e. The molecule has 2 aromatic heterocycles. The lowest BCUT2D eigenvalue weighted by atomic mass is 10.0. The monoisotopic (exact) mass is 537 g/mol. The van der Waals surface area contributed by atoms with Crippen LogP contribution >= 0.6 is 0 Å². The molecule has 0 unspecified atom stereocenters. The number of carbonyl (C=O) groups is 3. The minimum absolute atomic E-state index is 0.124. The van der Waals surface area contributed by atoms with Crippen LogP contribution in [0.4, 0.5) is 22.1 Å². The van der Waals surface area contributed by atoms with Crippen LogP contribution in [0.5, 0.6) is 0 Å². The maximum Gasteiger partial charge on any atom is 0.328 e. The molecule has 208 valence electrons. The number of rotatable bonds is 8. The summed E-state index contributed by atoms with van der Waals surface area (Å²) in [7, 11) is 3.23. The number of methoxy groups -OCH3 is 1. The Hall–Kier alpha value is -4.08. The zero-order valence-electron chi connectivity index (χ0n) is 22.7. The van der Waals surface area contributed by atoms with Gasteiger partial charge in [-0.25, -0.2) is 14.8 Å². The Bertz CT molecular complexity index is 1200. The van der Waals surface area contributed by atoms with E-state index in [0.29, 0.717) is 55.0 Å². The number of ether oxygens (including phenoxy) is 2. The molecule has 39 heavy (non-hydrogen) atoms. The zero-order chi connectivity index (χ0) is 28.2. The third kappa shape index (κ3) is 8.20. The highest BCUT2D eigenvalue weighted by Gasteiger charge is 2.26. The molecule has 0 aliphatic carbocycles. The highest BCUT2D eigenvalue weighted by molar-refractivity contribution is 6.01. The number of amides is 3. The van der Waals surface area contributed by atoms with Crippen LogP contribution in [0.15, 0.2) is 18.3 Å². The molecule has 0 bridgehead atoms. The molecule has 1 saturated heterocycles. The van der Waals surface area contributed by atoms with E-state index in [1.807, 2.05) is 6.07 Å². The van der Waals surface area contributed by atoms with Crippen molar-refractivity contribution in [3.8, 4) is 6.07 Å². The molecule has 0 radical (unpaired) electrons. The van der Waals surface area contributed by atoms with Crippen molar-refractivity contribution in [2.45, 2.75) is 39.2 Å². The predicted molar refractivity (Wildman–Crippen MR) is 146 cm³/mol. The van der Waals surface area contributed by atoms with Crippen LogP contribution < -0.4 is 15.5 Å². The van der Waals surface area contributed by atoms with Gasteiger partial charge in [-0.1, -0.05) is 0 Å². The predicted octanol–water partition coefficient (Wildman–Crippen LogP) is 2.98. The smallest absolute Gasteiger partial charge is 0.328 e. The number of hydrogen-bond acceptors (Lipinski definition) is 9. The molecule has 4 heterocycles. The Kier molecular flexibility index (Phi) is 11.1. The molecule has 0 aromatic carbocycles. The number of aldehydes is 1. The van der Waals surface area contributed by atoms with E-state index < -0.39 is 6.03 Å². The Morgan fingerprint density at radius 1 is 1.28 bits per heavy atom. The highest BCUT2D eigenvalue weighted by atomic mass is 16.5. The van der Waals surface area contributed by atoms with Crippen LogP contribution in [0.2, 0.25) is 0 Å². The molecule has 3 amide bonds. The van der Waals surface area contributed by atoms with Crippen LogP contribution in [-0.2, 0) is 27.2 Å². The number of aromatic nitrogens is 2. The Morgan fingerprint density at radius 3 is 2.67 bits per heavy atom. The number of nitrogens with one attached hydrogen (secondary N) is 2. The van der Waals surface area contributed by atoms with E-state index in [2.05, 4.69) is 26.7 Å². The van der Waals surface area contributed by atoms with E-state index in [1.165, 1.54) is 35.8 Å². The fraction of sp³-hybridized carbons (Fsp3) is 0.481. The molecule has 2 aliphatic heterocycles. The number of hydrogen-bond donors (Lipinski definition) is 2. The summed E-state index contributed by atoms with van der Waals surface area (Å²) in [5.74, 6) is 0.556. The van der Waals surface area contributed by atoms with E-state index in [9.17, 15) is 19.6 Å². The van der Waals surface area contributed by atoms with E-state index in [4.69, 9.17) is 9.47 Å². The first-order valence-corrected chi connectivity index (χ1v) is 12.9. The topological polar surface area (TPSA) is 150 Å². The Morgan fingerprint density at radius 2 is 2.05 bits per heavy atom. The first-order valence-electron chi connectivity index (χ1n) is 12.9. The summed E-state index contributed by atoms with van der Waals surface area (Å²) in [5.41, 5.74) is 2.53. The average Bonchev–Trinajstić information content (AvgIpc) is 3.53. The van der Waals surface area contributed by atoms with Gasteiger partial charge in [-0.2, -0.15) is 5.26 Å². The number of nitrogens with zero attached hydrogens (tertiary/aromatic N) is 5. The first-order chi connectivity index (χ1) is 18.9. The maximum absolute atomic E-state index is 13.1. The molecule has 1 fully saturated rings. The van der Waals surface area contributed by atoms with Crippen molar-refractivity contribution in [2.24, 2.45) is 0 Å². The standard InChI is InChI=1S/C23H27N7O4.C4H8O/c1-15(32)29(2)13-17-9-16-5-4-7-30(22(16)27-20(17)14-31)23(33)28-21-10-19(25-6-8-34-3)18(11-24)12-26-21;1-2-4-5-3-1/h9-10,12,14H,4-8,13H2,1-3H3,(H2,25,26,28,33);1-4H2. The van der Waals surface area contributed by atoms with E-state index in [1.54, 1.807) is 20.2 Å². The summed E-state index contributed by atoms with van der Waals surface area (Å²) in [4.78, 5) is 48.0. The Labute approximate surface area is 228 Å². The molecule has 12 nitrogen and oxygen atoms in total. The summed E-state index contributed by atoms with van der Waals surface area (Å²) in [5, 5.41) is 15.1. The molecule has 0 spiro atoms. The first kappa shape index (κ1) is 29.5. The van der Waals surface area contributed by atoms with Crippen molar-refractivity contribution in [1.29, 1.82) is 5.26 Å². The van der Waals surface area contributed by atoms with Gasteiger partial charge in [0.15, 0.2) is 6.29 Å². The van der Waals surface area contributed by atoms with Crippen molar-refractivity contribution in [1.82, 2.24) is 14.9 Å². The number of pyridine rings is 2. The number of nitriles is 1. The SMILES string of the molecule is C1CCOC1.COCCNc1cc(NC(=O)N2CCCc3cc(CN(C)C(C)=O)c(C=O)nc32)ncc1C#N. The quantitative estimate of drug-likeness (QED) is 0.383. The largest absolute Gasteiger partial charge is 0.383 e. The highest BCUT2D eigenvalue weighted by Crippen LogP contribution is 2.28. The van der Waals surface area contributed by atoms with Crippen molar-refractivity contribution in [3.63, 3.8) is 0 Å². The van der Waals surface area contributed by atoms with Gasteiger partial charge in [0.2, 0.25) is 5.91 Å². The van der Waals surface area contributed by atoms with Crippen molar-refractivity contribution in [2.75, 3.05) is 62.6 Å². The zero-order valence-corrected chi connectivity index (χ0v) is 22.7. The average molecular weight is 538 g/mol. The van der Waals surface area contributed by atoms with E-state index in [-0.39, 0.29) is 24.0 Å². The van der Waals surface area contributed by atoms with Gasteiger partial charge in [-0.3, -0.25) is 19.8 Å². The Balaban J connectivity index is 0.000000753. The fourth-order valence-electron chi connectivity index (χ4n) is 4.09. The summed E-state index contributed by atoms with van der Waals surface area (Å²) in [6.45, 7) is 5.07. The van der Waals surface area contributed by atoms with Crippen LogP contribution in [0.1, 0.15) is 53.4 Å². The molecule has 2 aromatic rings. The third-order valence-electron chi connectivity index (χ3n) is 6.28. The number of fused-ring (bicyclic) bond motifs is 1. The van der Waals surface area contributed by atoms with Crippen molar-refractivity contribution < 1.29 is 23.9 Å². The number of carbonyl (C=O) groups excluding carboxylic acids is 3. The maximum atomic E-state index is 13.1. The number of urea groups is 1. The van der Waals surface area contributed by atoms with Crippen LogP contribution in [0.25, 0.3) is 0 Å². The van der Waals surface area contributed by atoms with Crippen LogP contribution in [0, 0.1) is 11.3 Å². The molecule has 2 N–H and O–H groups in total. The van der Waals surface area contributed by atoms with Gasteiger partial charge in [0.1, 0.15) is 23.4 Å². The molecule has 4 rings (SSSR count). The summed E-state index contributed by atoms with van der Waals surface area (Å²) >= 11 is 0. The molecular formula is C27H35N7O5. The summed E-state index contributed by atoms with van der Waals surface area (Å²) in [6, 6.07) is 5.04. The van der Waals surface area contributed by atoms with Crippen LogP contribution in [0.3, 0.4) is 0 Å². The van der Waals surface area contributed by atoms with E-state index >= 15 is 0 Å². The lowest BCUT2D eigenvalue weighted by Gasteiger charge is -2.29. The minimum atomic E-state index is -0.445. The second-order valence-electron chi connectivity index (χ2n) is 9.16. The summed E-state index contributed by atoms with van der Waals surface area (Å²) in [6.07, 6.45) is 5.99. The van der Waals surface area contributed by atoms with Gasteiger partial charge < -0.3 is 19.7 Å². The molecular weight excluding hydrogens is 502 g/mol. The normalized spacial score (nSPS) is 13.8. The lowest BCUT2D eigenvalue weighted by molar-refractivity contribution is -0.128. The van der Waals surface area contributed by atoms with Gasteiger partial charge in [-0.05, 0) is 37.3 Å². The second kappa shape index (κ2) is 14.8. The number of anilines is 3. The lowest BCUT2D eigenvalue weighted by Crippen LogP contribution is -2.40. The molecule has 0 saturated carbocycles. The van der Waals surface area contributed by atoms with E-state index in [0.717, 1.165) is 25.2 Å². The van der Waals surface area contributed by atoms with Gasteiger partial charge >= 0.3 is 6.03 Å². The third-order valence-corrected chi connectivity index (χ3v) is 6.28. The van der Waals surface area contributed by atoms with Crippen molar-refractivity contribution in [3.05, 3.63) is 40.7 Å². The summed E-state index contributed by atoms with van der Waals surface area (Å²) < 4.78 is 9.96.